The van der Waals surface area contributed by atoms with E-state index in [-0.39, 0.29) is 16.2 Å². The fourth-order valence-electron chi connectivity index (χ4n) is 2.10. The smallest absolute Gasteiger partial charge is 0.198 e. The summed E-state index contributed by atoms with van der Waals surface area (Å²) in [4.78, 5) is 0. The fraction of sp³-hybridized carbons (Fsp3) is 0.500. The van der Waals surface area contributed by atoms with Gasteiger partial charge in [-0.15, -0.1) is 0 Å². The summed E-state index contributed by atoms with van der Waals surface area (Å²) in [5, 5.41) is 0.0392. The molecule has 5 heteroatoms. The van der Waals surface area contributed by atoms with E-state index in [4.69, 9.17) is 26.8 Å². The van der Waals surface area contributed by atoms with Crippen molar-refractivity contribution in [2.24, 2.45) is 5.73 Å². The Labute approximate surface area is 105 Å². The number of hydrogen-bond acceptors (Lipinski definition) is 3. The molecule has 0 radical (unpaired) electrons. The van der Waals surface area contributed by atoms with Crippen LogP contribution in [-0.4, -0.2) is 20.8 Å². The van der Waals surface area contributed by atoms with E-state index in [1.54, 1.807) is 6.07 Å². The molecule has 1 aliphatic carbocycles. The predicted octanol–water partition coefficient (Wildman–Crippen LogP) is 2.49. The molecule has 1 fully saturated rings. The third kappa shape index (κ3) is 1.85. The molecule has 0 bridgehead atoms. The van der Waals surface area contributed by atoms with Crippen LogP contribution in [0.4, 0.5) is 4.39 Å². The topological polar surface area (TPSA) is 44.5 Å². The highest BCUT2D eigenvalue weighted by molar-refractivity contribution is 6.31. The minimum atomic E-state index is -0.595. The molecule has 0 atom stereocenters. The van der Waals surface area contributed by atoms with Gasteiger partial charge in [-0.2, -0.15) is 0 Å². The Morgan fingerprint density at radius 1 is 1.35 bits per heavy atom. The highest BCUT2D eigenvalue weighted by Crippen LogP contribution is 2.54. The Morgan fingerprint density at radius 3 is 2.35 bits per heavy atom. The maximum absolute atomic E-state index is 13.8. The van der Waals surface area contributed by atoms with E-state index >= 15 is 0 Å². The second-order valence-corrected chi connectivity index (χ2v) is 4.68. The molecule has 1 aromatic carbocycles. The van der Waals surface area contributed by atoms with Crippen molar-refractivity contribution in [2.45, 2.75) is 18.3 Å². The van der Waals surface area contributed by atoms with E-state index in [0.717, 1.165) is 18.4 Å². The van der Waals surface area contributed by atoms with Crippen LogP contribution in [0.15, 0.2) is 6.07 Å². The predicted molar refractivity (Wildman–Crippen MR) is 64.5 cm³/mol. The van der Waals surface area contributed by atoms with Crippen LogP contribution in [0.1, 0.15) is 18.4 Å². The summed E-state index contributed by atoms with van der Waals surface area (Å²) in [6, 6.07) is 1.60. The van der Waals surface area contributed by atoms with Crippen LogP contribution in [-0.2, 0) is 5.41 Å². The number of ether oxygens (including phenoxy) is 2. The zero-order valence-corrected chi connectivity index (χ0v) is 10.6. The first-order valence-corrected chi connectivity index (χ1v) is 5.78. The lowest BCUT2D eigenvalue weighted by molar-refractivity contribution is 0.332. The zero-order chi connectivity index (χ0) is 12.6. The lowest BCUT2D eigenvalue weighted by Crippen LogP contribution is -2.21. The van der Waals surface area contributed by atoms with Gasteiger partial charge in [-0.05, 0) is 18.9 Å². The number of rotatable bonds is 4. The van der Waals surface area contributed by atoms with Gasteiger partial charge < -0.3 is 15.2 Å². The Morgan fingerprint density at radius 2 is 1.94 bits per heavy atom. The Kier molecular flexibility index (Phi) is 3.19. The van der Waals surface area contributed by atoms with Crippen LogP contribution in [0.5, 0.6) is 11.5 Å². The quantitative estimate of drug-likeness (QED) is 0.904. The molecule has 1 aliphatic rings. The van der Waals surface area contributed by atoms with E-state index in [2.05, 4.69) is 0 Å². The number of hydrogen-bond donors (Lipinski definition) is 1. The van der Waals surface area contributed by atoms with E-state index in [9.17, 15) is 4.39 Å². The van der Waals surface area contributed by atoms with Gasteiger partial charge in [0, 0.05) is 17.5 Å². The maximum Gasteiger partial charge on any atom is 0.198 e. The van der Waals surface area contributed by atoms with Crippen molar-refractivity contribution < 1.29 is 13.9 Å². The van der Waals surface area contributed by atoms with Crippen molar-refractivity contribution in [3.63, 3.8) is 0 Å². The molecule has 1 aromatic rings. The van der Waals surface area contributed by atoms with E-state index in [1.165, 1.54) is 14.2 Å². The highest BCUT2D eigenvalue weighted by atomic mass is 35.5. The summed E-state index contributed by atoms with van der Waals surface area (Å²) < 4.78 is 24.1. The van der Waals surface area contributed by atoms with Gasteiger partial charge in [-0.1, -0.05) is 11.6 Å². The van der Waals surface area contributed by atoms with Gasteiger partial charge in [0.05, 0.1) is 19.2 Å². The van der Waals surface area contributed by atoms with Gasteiger partial charge in [0.2, 0.25) is 0 Å². The van der Waals surface area contributed by atoms with Crippen molar-refractivity contribution in [3.8, 4) is 11.5 Å². The first kappa shape index (κ1) is 12.5. The molecule has 0 amide bonds. The first-order chi connectivity index (χ1) is 8.09. The average molecular weight is 260 g/mol. The largest absolute Gasteiger partial charge is 0.492 e. The molecule has 17 heavy (non-hydrogen) atoms. The molecular formula is C12H15ClFNO2. The van der Waals surface area contributed by atoms with Crippen LogP contribution in [0.25, 0.3) is 0 Å². The number of nitrogens with two attached hydrogens (primary N) is 1. The van der Waals surface area contributed by atoms with Gasteiger partial charge in [-0.25, -0.2) is 4.39 Å². The Balaban J connectivity index is 2.63. The van der Waals surface area contributed by atoms with Crippen molar-refractivity contribution in [1.82, 2.24) is 0 Å². The number of halogens is 2. The minimum absolute atomic E-state index is 0.0392. The molecule has 3 nitrogen and oxygen atoms in total. The SMILES string of the molecule is COc1c(C2(CN)CC2)cc(Cl)c(F)c1OC. The van der Waals surface area contributed by atoms with Crippen LogP contribution in [0.3, 0.4) is 0 Å². The van der Waals surface area contributed by atoms with E-state index in [1.807, 2.05) is 0 Å². The lowest BCUT2D eigenvalue weighted by Gasteiger charge is -2.20. The molecule has 1 saturated carbocycles. The van der Waals surface area contributed by atoms with Crippen molar-refractivity contribution in [2.75, 3.05) is 20.8 Å². The second-order valence-electron chi connectivity index (χ2n) is 4.27. The third-order valence-electron chi connectivity index (χ3n) is 3.35. The molecule has 2 rings (SSSR count). The van der Waals surface area contributed by atoms with E-state index < -0.39 is 5.82 Å². The van der Waals surface area contributed by atoms with Crippen LogP contribution >= 0.6 is 11.6 Å². The summed E-state index contributed by atoms with van der Waals surface area (Å²) >= 11 is 5.87. The Bertz CT molecular complexity index is 447. The molecule has 0 saturated heterocycles. The zero-order valence-electron chi connectivity index (χ0n) is 9.85. The normalized spacial score (nSPS) is 16.8. The van der Waals surface area contributed by atoms with Gasteiger partial charge in [-0.3, -0.25) is 0 Å². The maximum atomic E-state index is 13.8. The summed E-state index contributed by atoms with van der Waals surface area (Å²) in [7, 11) is 2.88. The Hall–Kier alpha value is -1.00. The lowest BCUT2D eigenvalue weighted by atomic mass is 9.94. The number of benzene rings is 1. The minimum Gasteiger partial charge on any atom is -0.492 e. The molecule has 0 unspecified atom stereocenters. The molecule has 0 spiro atoms. The third-order valence-corrected chi connectivity index (χ3v) is 3.63. The second kappa shape index (κ2) is 4.35. The standard InChI is InChI=1S/C12H15ClFNO2/c1-16-10-7(12(6-15)3-4-12)5-8(13)9(14)11(10)17-2/h5H,3-4,6,15H2,1-2H3. The van der Waals surface area contributed by atoms with Crippen molar-refractivity contribution >= 4 is 11.6 Å². The van der Waals surface area contributed by atoms with Crippen molar-refractivity contribution in [3.05, 3.63) is 22.5 Å². The van der Waals surface area contributed by atoms with Crippen LogP contribution in [0.2, 0.25) is 5.02 Å². The van der Waals surface area contributed by atoms with Gasteiger partial charge in [0.1, 0.15) is 0 Å². The fourth-order valence-corrected chi connectivity index (χ4v) is 2.29. The first-order valence-electron chi connectivity index (χ1n) is 5.40. The molecule has 0 aromatic heterocycles. The van der Waals surface area contributed by atoms with Gasteiger partial charge in [0.15, 0.2) is 17.3 Å². The van der Waals surface area contributed by atoms with E-state index in [0.29, 0.717) is 12.3 Å². The van der Waals surface area contributed by atoms with Crippen LogP contribution < -0.4 is 15.2 Å². The monoisotopic (exact) mass is 259 g/mol. The molecule has 94 valence electrons. The highest BCUT2D eigenvalue weighted by Gasteiger charge is 2.46. The van der Waals surface area contributed by atoms with Gasteiger partial charge in [0.25, 0.3) is 0 Å². The number of methoxy groups -OCH3 is 2. The summed E-state index contributed by atoms with van der Waals surface area (Å²) in [6.07, 6.45) is 1.93. The summed E-state index contributed by atoms with van der Waals surface area (Å²) in [6.45, 7) is 0.495. The molecule has 2 N–H and O–H groups in total. The van der Waals surface area contributed by atoms with Gasteiger partial charge >= 0.3 is 0 Å². The average Bonchev–Trinajstić information content (AvgIpc) is 3.12. The summed E-state index contributed by atoms with van der Waals surface area (Å²) in [5.74, 6) is -0.144. The molecule has 0 heterocycles. The molecular weight excluding hydrogens is 245 g/mol. The summed E-state index contributed by atoms with van der Waals surface area (Å²) in [5.41, 5.74) is 6.48. The van der Waals surface area contributed by atoms with Crippen LogP contribution in [0, 0.1) is 5.82 Å². The van der Waals surface area contributed by atoms with Crippen molar-refractivity contribution in [1.29, 1.82) is 0 Å². The molecule has 0 aliphatic heterocycles.